The van der Waals surface area contributed by atoms with E-state index in [1.54, 1.807) is 18.2 Å². The number of para-hydroxylation sites is 1. The number of rotatable bonds is 3. The fourth-order valence-electron chi connectivity index (χ4n) is 7.01. The first kappa shape index (κ1) is 31.5. The Balaban J connectivity index is 1.39. The maximum atomic E-state index is 11.5. The van der Waals surface area contributed by atoms with Crippen LogP contribution in [0.1, 0.15) is 5.56 Å². The second kappa shape index (κ2) is 12.0. The van der Waals surface area contributed by atoms with Gasteiger partial charge in [-0.2, -0.15) is 0 Å². The number of hydrogen-bond acceptors (Lipinski definition) is 7. The van der Waals surface area contributed by atoms with E-state index >= 15 is 0 Å². The molecular formula is C43H29BO7. The van der Waals surface area contributed by atoms with Crippen molar-refractivity contribution in [3.8, 4) is 67.9 Å². The molecule has 246 valence electrons. The van der Waals surface area contributed by atoms with Gasteiger partial charge in [0.15, 0.2) is 11.5 Å². The number of phenols is 6. The number of hydrogen-bond donors (Lipinski definition) is 6. The third kappa shape index (κ3) is 4.91. The minimum atomic E-state index is -1.04. The minimum Gasteiger partial charge on any atom is -0.508 e. The molecule has 0 aliphatic heterocycles. The molecule has 0 spiro atoms. The molecule has 8 rings (SSSR count). The Morgan fingerprint density at radius 1 is 0.431 bits per heavy atom. The van der Waals surface area contributed by atoms with Crippen molar-refractivity contribution in [3.63, 3.8) is 0 Å². The monoisotopic (exact) mass is 668 g/mol. The largest absolute Gasteiger partial charge is 0.508 e. The zero-order chi connectivity index (χ0) is 35.6. The molecule has 1 heterocycles. The molecule has 0 aliphatic carbocycles. The van der Waals surface area contributed by atoms with E-state index in [0.717, 1.165) is 55.1 Å². The Kier molecular flexibility index (Phi) is 7.38. The smallest absolute Gasteiger partial charge is 0.205 e. The molecule has 7 aromatic carbocycles. The van der Waals surface area contributed by atoms with E-state index < -0.39 is 45.3 Å². The molecule has 8 aromatic rings. The fraction of sp³-hybridized carbons (Fsp3) is 0.0233. The third-order valence-corrected chi connectivity index (χ3v) is 9.50. The van der Waals surface area contributed by atoms with Crippen LogP contribution in [0.25, 0.3) is 76.9 Å². The summed E-state index contributed by atoms with van der Waals surface area (Å²) in [5.41, 5.74) is 6.26. The average Bonchev–Trinajstić information content (AvgIpc) is 3.52. The van der Waals surface area contributed by atoms with Gasteiger partial charge in [-0.3, -0.25) is 0 Å². The van der Waals surface area contributed by atoms with Crippen LogP contribution >= 0.6 is 0 Å². The molecule has 0 amide bonds. The van der Waals surface area contributed by atoms with Gasteiger partial charge in [-0.25, -0.2) is 0 Å². The summed E-state index contributed by atoms with van der Waals surface area (Å²) in [7, 11) is 6.15. The summed E-state index contributed by atoms with van der Waals surface area (Å²) in [4.78, 5) is 0. The predicted octanol–water partition coefficient (Wildman–Crippen LogP) is 9.35. The highest BCUT2D eigenvalue weighted by Gasteiger charge is 2.28. The van der Waals surface area contributed by atoms with Crippen molar-refractivity contribution in [2.24, 2.45) is 0 Å². The van der Waals surface area contributed by atoms with Gasteiger partial charge >= 0.3 is 0 Å². The third-order valence-electron chi connectivity index (χ3n) is 9.50. The molecule has 0 atom stereocenters. The van der Waals surface area contributed by atoms with Crippen LogP contribution in [0.5, 0.6) is 34.5 Å². The number of fused-ring (bicyclic) bond motifs is 5. The Morgan fingerprint density at radius 3 is 1.75 bits per heavy atom. The van der Waals surface area contributed by atoms with Crippen LogP contribution in [0, 0.1) is 6.92 Å². The van der Waals surface area contributed by atoms with Crippen LogP contribution in [-0.4, -0.2) is 38.5 Å². The highest BCUT2D eigenvalue weighted by atomic mass is 16.3. The van der Waals surface area contributed by atoms with Gasteiger partial charge in [0.05, 0.1) is 5.39 Å². The molecule has 2 radical (unpaired) electrons. The van der Waals surface area contributed by atoms with Crippen LogP contribution in [0.2, 0.25) is 0 Å². The first-order valence-electron chi connectivity index (χ1n) is 16.2. The molecule has 51 heavy (non-hydrogen) atoms. The molecule has 0 bridgehead atoms. The van der Waals surface area contributed by atoms with Crippen molar-refractivity contribution < 1.29 is 35.1 Å². The van der Waals surface area contributed by atoms with E-state index in [1.807, 2.05) is 73.7 Å². The second-order valence-electron chi connectivity index (χ2n) is 12.4. The van der Waals surface area contributed by atoms with Gasteiger partial charge in [0.25, 0.3) is 0 Å². The van der Waals surface area contributed by atoms with Crippen molar-refractivity contribution in [1.29, 1.82) is 0 Å². The molecule has 6 N–H and O–H groups in total. The first-order valence-corrected chi connectivity index (χ1v) is 16.2. The number of benzene rings is 6. The minimum absolute atomic E-state index is 0.0698. The topological polar surface area (TPSA) is 135 Å². The van der Waals surface area contributed by atoms with Gasteiger partial charge in [0.2, 0.25) is 11.5 Å². The van der Waals surface area contributed by atoms with Crippen LogP contribution in [0.15, 0.2) is 126 Å². The summed E-state index contributed by atoms with van der Waals surface area (Å²) < 4.78 is 6.03. The Labute approximate surface area is 292 Å². The lowest BCUT2D eigenvalue weighted by molar-refractivity contribution is 0.350. The van der Waals surface area contributed by atoms with Gasteiger partial charge in [0.1, 0.15) is 30.5 Å². The standard InChI is InChI=1S/C43H29BO7/c1-22-9-3-2-4-12-29(34-35-36(39(46)37(44)38(34)45)41(48)43(50)42(49)40(35)47)26-10-5-6-13-28(26)33(22)24-17-15-23(16-18-24)25-19-20-32-30(21-25)27-11-7-8-14-31(27)51-32/h2-21,45-50H,1H3. The zero-order valence-electron chi connectivity index (χ0n) is 27.2. The average molecular weight is 669 g/mol. The van der Waals surface area contributed by atoms with Crippen LogP contribution < -0.4 is 5.46 Å². The zero-order valence-corrected chi connectivity index (χ0v) is 27.2. The maximum Gasteiger partial charge on any atom is 0.205 e. The van der Waals surface area contributed by atoms with E-state index in [9.17, 15) is 30.6 Å². The fourth-order valence-corrected chi connectivity index (χ4v) is 7.01. The summed E-state index contributed by atoms with van der Waals surface area (Å²) in [6.45, 7) is 2.00. The predicted molar refractivity (Wildman–Crippen MR) is 203 cm³/mol. The van der Waals surface area contributed by atoms with E-state index in [2.05, 4.69) is 36.4 Å². The van der Waals surface area contributed by atoms with Crippen molar-refractivity contribution in [2.45, 2.75) is 6.92 Å². The molecule has 0 fully saturated rings. The first-order chi connectivity index (χ1) is 24.7. The van der Waals surface area contributed by atoms with Crippen molar-refractivity contribution in [2.75, 3.05) is 0 Å². The van der Waals surface area contributed by atoms with E-state index in [0.29, 0.717) is 10.9 Å². The van der Waals surface area contributed by atoms with E-state index in [-0.39, 0.29) is 10.9 Å². The quantitative estimate of drug-likeness (QED) is 0.0628. The van der Waals surface area contributed by atoms with E-state index in [4.69, 9.17) is 12.3 Å². The molecule has 0 aliphatic rings. The SMILES string of the molecule is [B]c1c(O)c(-c2cccccc(C)c(-c3ccc(-c4ccc5oc6ccccc6c5c4)cc3)c3ccccc23)c2c(O)c(O)c(O)c(O)c2c1O. The normalized spacial score (nSPS) is 11.4. The van der Waals surface area contributed by atoms with Crippen molar-refractivity contribution in [1.82, 2.24) is 0 Å². The van der Waals surface area contributed by atoms with Crippen molar-refractivity contribution in [3.05, 3.63) is 127 Å². The molecule has 7 nitrogen and oxygen atoms in total. The molecule has 8 heteroatoms. The number of aryl methyl sites for hydroxylation is 1. The molecule has 1 aromatic heterocycles. The Morgan fingerprint density at radius 2 is 1.00 bits per heavy atom. The summed E-state index contributed by atoms with van der Waals surface area (Å²) in [6, 6.07) is 39.0. The lowest BCUT2D eigenvalue weighted by Gasteiger charge is -2.19. The number of phenolic OH excluding ortho intramolecular Hbond substituents is 6. The summed E-state index contributed by atoms with van der Waals surface area (Å²) in [5, 5.41) is 67.9. The van der Waals surface area contributed by atoms with Crippen LogP contribution in [0.3, 0.4) is 0 Å². The lowest BCUT2D eigenvalue weighted by Crippen LogP contribution is -2.06. The van der Waals surface area contributed by atoms with Gasteiger partial charge in [-0.15, -0.1) is 0 Å². The Bertz CT molecular complexity index is 2780. The summed E-state index contributed by atoms with van der Waals surface area (Å²) in [6.07, 6.45) is 0. The molecule has 0 saturated heterocycles. The van der Waals surface area contributed by atoms with E-state index in [1.165, 1.54) is 0 Å². The second-order valence-corrected chi connectivity index (χ2v) is 12.4. The number of aromatic hydroxyl groups is 6. The van der Waals surface area contributed by atoms with Gasteiger partial charge in [-0.1, -0.05) is 103 Å². The van der Waals surface area contributed by atoms with Crippen LogP contribution in [0.4, 0.5) is 0 Å². The Hall–Kier alpha value is -6.80. The van der Waals surface area contributed by atoms with Gasteiger partial charge < -0.3 is 35.1 Å². The summed E-state index contributed by atoms with van der Waals surface area (Å²) in [5.74, 6) is -5.18. The number of furan rings is 1. The highest BCUT2D eigenvalue weighted by molar-refractivity contribution is 6.40. The summed E-state index contributed by atoms with van der Waals surface area (Å²) >= 11 is 0. The maximum absolute atomic E-state index is 11.5. The highest BCUT2D eigenvalue weighted by Crippen LogP contribution is 2.55. The molecule has 0 saturated carbocycles. The molecular weight excluding hydrogens is 639 g/mol. The van der Waals surface area contributed by atoms with Crippen molar-refractivity contribution >= 4 is 56.8 Å². The van der Waals surface area contributed by atoms with Gasteiger partial charge in [-0.05, 0) is 74.7 Å². The molecule has 0 unspecified atom stereocenters. The lowest BCUT2D eigenvalue weighted by atomic mass is 9.83. The van der Waals surface area contributed by atoms with Gasteiger partial charge in [0, 0.05) is 21.7 Å². The van der Waals surface area contributed by atoms with Crippen LogP contribution in [-0.2, 0) is 0 Å².